The summed E-state index contributed by atoms with van der Waals surface area (Å²) < 4.78 is 7.65. The molecule has 1 atom stereocenters. The van der Waals surface area contributed by atoms with Crippen LogP contribution in [0.1, 0.15) is 32.7 Å². The minimum atomic E-state index is 0.00364. The Morgan fingerprint density at radius 2 is 1.94 bits per heavy atom. The van der Waals surface area contributed by atoms with Gasteiger partial charge < -0.3 is 14.3 Å². The van der Waals surface area contributed by atoms with E-state index in [1.54, 1.807) is 6.92 Å². The zero-order valence-electron chi connectivity index (χ0n) is 17.5. The highest BCUT2D eigenvalue weighted by atomic mass is 16.5. The average molecular weight is 413 g/mol. The zero-order valence-corrected chi connectivity index (χ0v) is 17.5. The minimum Gasteiger partial charge on any atom is -0.354 e. The van der Waals surface area contributed by atoms with Crippen LogP contribution in [-0.4, -0.2) is 33.4 Å². The third-order valence-electron chi connectivity index (χ3n) is 6.22. The Morgan fingerprint density at radius 1 is 1.10 bits per heavy atom. The van der Waals surface area contributed by atoms with Gasteiger partial charge >= 0.3 is 0 Å². The van der Waals surface area contributed by atoms with E-state index >= 15 is 0 Å². The zero-order chi connectivity index (χ0) is 21.1. The van der Waals surface area contributed by atoms with E-state index in [-0.39, 0.29) is 11.9 Å². The van der Waals surface area contributed by atoms with Crippen LogP contribution in [0.25, 0.3) is 22.1 Å². The lowest BCUT2D eigenvalue weighted by molar-refractivity contribution is -0.117. The highest BCUT2D eigenvalue weighted by Gasteiger charge is 2.33. The monoisotopic (exact) mass is 413 g/mol. The summed E-state index contributed by atoms with van der Waals surface area (Å²) in [5.41, 5.74) is 4.73. The predicted octanol–water partition coefficient (Wildman–Crippen LogP) is 4.92. The lowest BCUT2D eigenvalue weighted by atomic mass is 10.0. The van der Waals surface area contributed by atoms with E-state index in [0.29, 0.717) is 12.6 Å². The number of para-hydroxylation sites is 1. The predicted molar refractivity (Wildman–Crippen MR) is 120 cm³/mol. The van der Waals surface area contributed by atoms with Crippen LogP contribution >= 0.6 is 0 Å². The summed E-state index contributed by atoms with van der Waals surface area (Å²) in [5, 5.41) is 9.90. The van der Waals surface area contributed by atoms with Gasteiger partial charge in [0.25, 0.3) is 0 Å². The Bertz CT molecular complexity index is 1300. The maximum Gasteiger partial charge on any atom is 0.224 e. The van der Waals surface area contributed by atoms with Gasteiger partial charge in [-0.3, -0.25) is 9.48 Å². The van der Waals surface area contributed by atoms with Gasteiger partial charge in [0.2, 0.25) is 5.91 Å². The second-order valence-electron chi connectivity index (χ2n) is 8.49. The highest BCUT2D eigenvalue weighted by Crippen LogP contribution is 2.44. The Balaban J connectivity index is 1.50. The second kappa shape index (κ2) is 6.70. The SMILES string of the molecule is CC(=O)N1c2ccc(-c3cnn(C4CC4)c3)cc2N(c2noc3ccccc23)C[C@@H]1C. The van der Waals surface area contributed by atoms with E-state index < -0.39 is 0 Å². The smallest absolute Gasteiger partial charge is 0.224 e. The maximum absolute atomic E-state index is 12.5. The van der Waals surface area contributed by atoms with Crippen LogP contribution in [0.15, 0.2) is 59.4 Å². The Hall–Kier alpha value is -3.61. The van der Waals surface area contributed by atoms with Crippen molar-refractivity contribution < 1.29 is 9.32 Å². The Kier molecular flexibility index (Phi) is 3.93. The standard InChI is InChI=1S/C24H23N5O2/c1-15-13-27(24-20-5-3-4-6-23(20)31-26-24)22-11-17(7-10-21(22)29(15)16(2)30)18-12-25-28(14-18)19-8-9-19/h3-7,10-12,14-15,19H,8-9,13H2,1-2H3/t15-/m0/s1. The van der Waals surface area contributed by atoms with Gasteiger partial charge in [0.15, 0.2) is 11.4 Å². The molecule has 156 valence electrons. The van der Waals surface area contributed by atoms with E-state index in [1.807, 2.05) is 41.4 Å². The molecule has 0 N–H and O–H groups in total. The molecule has 0 spiro atoms. The summed E-state index contributed by atoms with van der Waals surface area (Å²) >= 11 is 0. The number of carbonyl (C=O) groups excluding carboxylic acids is 1. The van der Waals surface area contributed by atoms with Crippen molar-refractivity contribution >= 4 is 34.1 Å². The molecule has 2 aliphatic rings. The lowest BCUT2D eigenvalue weighted by Crippen LogP contribution is -2.48. The number of nitrogens with zero attached hydrogens (tertiary/aromatic N) is 5. The molecule has 3 heterocycles. The van der Waals surface area contributed by atoms with Crippen LogP contribution in [0.4, 0.5) is 17.2 Å². The van der Waals surface area contributed by atoms with E-state index in [2.05, 4.69) is 45.1 Å². The summed E-state index contributed by atoms with van der Waals surface area (Å²) in [6.45, 7) is 4.32. The second-order valence-corrected chi connectivity index (χ2v) is 8.49. The first-order valence-electron chi connectivity index (χ1n) is 10.7. The molecular formula is C24H23N5O2. The van der Waals surface area contributed by atoms with Crippen LogP contribution < -0.4 is 9.80 Å². The third kappa shape index (κ3) is 2.91. The van der Waals surface area contributed by atoms with E-state index in [4.69, 9.17) is 4.52 Å². The molecule has 1 saturated carbocycles. The van der Waals surface area contributed by atoms with Crippen molar-refractivity contribution in [3.8, 4) is 11.1 Å². The van der Waals surface area contributed by atoms with Crippen molar-refractivity contribution in [2.24, 2.45) is 0 Å². The van der Waals surface area contributed by atoms with Crippen LogP contribution in [0.3, 0.4) is 0 Å². The van der Waals surface area contributed by atoms with Gasteiger partial charge in [0.05, 0.1) is 35.0 Å². The Morgan fingerprint density at radius 3 is 2.74 bits per heavy atom. The molecule has 0 saturated heterocycles. The van der Waals surface area contributed by atoms with Crippen LogP contribution in [0.2, 0.25) is 0 Å². The van der Waals surface area contributed by atoms with E-state index in [9.17, 15) is 4.79 Å². The fourth-order valence-electron chi connectivity index (χ4n) is 4.58. The van der Waals surface area contributed by atoms with Crippen molar-refractivity contribution in [3.63, 3.8) is 0 Å². The van der Waals surface area contributed by atoms with Crippen LogP contribution in [-0.2, 0) is 4.79 Å². The molecule has 0 bridgehead atoms. The number of benzene rings is 2. The van der Waals surface area contributed by atoms with E-state index in [1.165, 1.54) is 12.8 Å². The summed E-state index contributed by atoms with van der Waals surface area (Å²) in [5.74, 6) is 0.811. The van der Waals surface area contributed by atoms with Crippen LogP contribution in [0.5, 0.6) is 0 Å². The summed E-state index contributed by atoms with van der Waals surface area (Å²) in [4.78, 5) is 16.5. The number of rotatable bonds is 3. The number of amides is 1. The molecule has 1 aliphatic carbocycles. The maximum atomic E-state index is 12.5. The van der Waals surface area contributed by atoms with Gasteiger partial charge in [-0.2, -0.15) is 5.10 Å². The first-order chi connectivity index (χ1) is 15.1. The number of carbonyl (C=O) groups is 1. The first-order valence-corrected chi connectivity index (χ1v) is 10.7. The minimum absolute atomic E-state index is 0.00364. The normalized spacial score (nSPS) is 18.5. The van der Waals surface area contributed by atoms with Gasteiger partial charge in [0.1, 0.15) is 0 Å². The number of hydrogen-bond donors (Lipinski definition) is 0. The lowest BCUT2D eigenvalue weighted by Gasteiger charge is -2.41. The molecule has 7 heteroatoms. The van der Waals surface area contributed by atoms with Crippen molar-refractivity contribution in [2.75, 3.05) is 16.3 Å². The average Bonchev–Trinajstić information content (AvgIpc) is 3.34. The summed E-state index contributed by atoms with van der Waals surface area (Å²) in [6, 6.07) is 14.7. The fraction of sp³-hybridized carbons (Fsp3) is 0.292. The quantitative estimate of drug-likeness (QED) is 0.477. The van der Waals surface area contributed by atoms with Gasteiger partial charge in [-0.05, 0) is 49.6 Å². The molecule has 0 unspecified atom stereocenters. The van der Waals surface area contributed by atoms with Crippen molar-refractivity contribution in [1.29, 1.82) is 0 Å². The molecule has 2 aromatic carbocycles. The van der Waals surface area contributed by atoms with Gasteiger partial charge in [-0.25, -0.2) is 0 Å². The van der Waals surface area contributed by atoms with Gasteiger partial charge in [0, 0.05) is 25.2 Å². The molecule has 0 radical (unpaired) electrons. The topological polar surface area (TPSA) is 67.4 Å². The van der Waals surface area contributed by atoms with Gasteiger partial charge in [-0.15, -0.1) is 0 Å². The molecule has 7 nitrogen and oxygen atoms in total. The molecule has 4 aromatic rings. The van der Waals surface area contributed by atoms with Crippen molar-refractivity contribution in [2.45, 2.75) is 38.8 Å². The number of anilines is 3. The largest absolute Gasteiger partial charge is 0.354 e. The van der Waals surface area contributed by atoms with Crippen LogP contribution in [0, 0.1) is 0 Å². The molecule has 1 fully saturated rings. The van der Waals surface area contributed by atoms with Crippen molar-refractivity contribution in [1.82, 2.24) is 14.9 Å². The molecule has 6 rings (SSSR count). The molecule has 2 aromatic heterocycles. The molecule has 1 aliphatic heterocycles. The fourth-order valence-corrected chi connectivity index (χ4v) is 4.58. The number of fused-ring (bicyclic) bond motifs is 2. The highest BCUT2D eigenvalue weighted by molar-refractivity contribution is 6.01. The number of hydrogen-bond acceptors (Lipinski definition) is 5. The van der Waals surface area contributed by atoms with E-state index in [0.717, 1.165) is 39.3 Å². The van der Waals surface area contributed by atoms with Gasteiger partial charge in [-0.1, -0.05) is 23.4 Å². The number of aromatic nitrogens is 3. The molecular weight excluding hydrogens is 390 g/mol. The van der Waals surface area contributed by atoms with Crippen molar-refractivity contribution in [3.05, 3.63) is 54.9 Å². The summed E-state index contributed by atoms with van der Waals surface area (Å²) in [6.07, 6.45) is 6.43. The molecule has 1 amide bonds. The molecule has 31 heavy (non-hydrogen) atoms. The Labute approximate surface area is 179 Å². The summed E-state index contributed by atoms with van der Waals surface area (Å²) in [7, 11) is 0. The third-order valence-corrected chi connectivity index (χ3v) is 6.22. The first kappa shape index (κ1) is 18.2.